The second kappa shape index (κ2) is 5.64. The minimum absolute atomic E-state index is 0.167. The fourth-order valence-corrected chi connectivity index (χ4v) is 3.01. The Bertz CT molecular complexity index is 219. The first-order chi connectivity index (χ1) is 6.65. The van der Waals surface area contributed by atoms with Gasteiger partial charge in [-0.15, -0.1) is 0 Å². The zero-order valence-corrected chi connectivity index (χ0v) is 9.94. The van der Waals surface area contributed by atoms with E-state index >= 15 is 0 Å². The maximum Gasteiger partial charge on any atom is 0.148 e. The summed E-state index contributed by atoms with van der Waals surface area (Å²) < 4.78 is 11.6. The van der Waals surface area contributed by atoms with Crippen molar-refractivity contribution in [2.24, 2.45) is 5.92 Å². The lowest BCUT2D eigenvalue weighted by Gasteiger charge is -2.10. The van der Waals surface area contributed by atoms with E-state index < -0.39 is 10.8 Å². The Hall–Kier alpha value is -0.180. The minimum atomic E-state index is -0.940. The molecule has 2 atom stereocenters. The summed E-state index contributed by atoms with van der Waals surface area (Å²) in [7, 11) is -0.940. The average Bonchev–Trinajstić information content (AvgIpc) is 2.69. The molecule has 1 saturated carbocycles. The molecule has 3 heteroatoms. The molecule has 0 heterocycles. The van der Waals surface area contributed by atoms with E-state index in [4.69, 9.17) is 0 Å². The van der Waals surface area contributed by atoms with E-state index in [0.29, 0.717) is 5.75 Å². The lowest BCUT2D eigenvalue weighted by atomic mass is 10.0. The van der Waals surface area contributed by atoms with Gasteiger partial charge in [-0.1, -0.05) is 26.7 Å². The van der Waals surface area contributed by atoms with Crippen LogP contribution in [0.25, 0.3) is 0 Å². The van der Waals surface area contributed by atoms with Crippen LogP contribution in [0.3, 0.4) is 0 Å². The zero-order chi connectivity index (χ0) is 10.6. The lowest BCUT2D eigenvalue weighted by Crippen LogP contribution is -2.23. The third-order valence-corrected chi connectivity index (χ3v) is 4.92. The second-order valence-corrected chi connectivity index (χ2v) is 6.05. The molecule has 0 saturated heterocycles. The predicted octanol–water partition coefficient (Wildman–Crippen LogP) is 2.29. The van der Waals surface area contributed by atoms with E-state index in [0.717, 1.165) is 19.3 Å². The van der Waals surface area contributed by atoms with Gasteiger partial charge in [0.05, 0.1) is 5.75 Å². The first-order valence-electron chi connectivity index (χ1n) is 5.55. The first kappa shape index (κ1) is 11.9. The molecule has 0 amide bonds. The molecule has 1 rings (SSSR count). The quantitative estimate of drug-likeness (QED) is 0.706. The largest absolute Gasteiger partial charge is 0.298 e. The van der Waals surface area contributed by atoms with E-state index in [-0.39, 0.29) is 17.0 Å². The van der Waals surface area contributed by atoms with Crippen molar-refractivity contribution in [2.45, 2.75) is 51.2 Å². The molecule has 0 N–H and O–H groups in total. The highest BCUT2D eigenvalue weighted by Crippen LogP contribution is 2.25. The summed E-state index contributed by atoms with van der Waals surface area (Å²) in [6, 6.07) is 0. The standard InChI is InChI=1S/C11H20O2S/c1-3-9(2)14(13)8-11(12)10-6-4-5-7-10/h9-10H,3-8H2,1-2H3. The predicted molar refractivity (Wildman–Crippen MR) is 59.7 cm³/mol. The van der Waals surface area contributed by atoms with Crippen molar-refractivity contribution in [1.29, 1.82) is 0 Å². The molecule has 1 aliphatic rings. The molecule has 2 unspecified atom stereocenters. The number of carbonyl (C=O) groups excluding carboxylic acids is 1. The van der Waals surface area contributed by atoms with E-state index in [1.807, 2.05) is 13.8 Å². The van der Waals surface area contributed by atoms with Crippen LogP contribution in [0.15, 0.2) is 0 Å². The second-order valence-electron chi connectivity index (χ2n) is 4.19. The Balaban J connectivity index is 2.35. The molecule has 0 aromatic carbocycles. The fraction of sp³-hybridized carbons (Fsp3) is 0.909. The molecule has 2 nitrogen and oxygen atoms in total. The van der Waals surface area contributed by atoms with Crippen LogP contribution in [0.4, 0.5) is 0 Å². The van der Waals surface area contributed by atoms with Crippen LogP contribution in [0.2, 0.25) is 0 Å². The van der Waals surface area contributed by atoms with E-state index in [1.54, 1.807) is 0 Å². The highest BCUT2D eigenvalue weighted by molar-refractivity contribution is 7.86. The van der Waals surface area contributed by atoms with Gasteiger partial charge in [-0.3, -0.25) is 9.00 Å². The van der Waals surface area contributed by atoms with Crippen LogP contribution in [-0.4, -0.2) is 21.0 Å². The van der Waals surface area contributed by atoms with Gasteiger partial charge in [0, 0.05) is 22.0 Å². The van der Waals surface area contributed by atoms with Crippen molar-refractivity contribution in [3.8, 4) is 0 Å². The summed E-state index contributed by atoms with van der Waals surface area (Å²) in [6.07, 6.45) is 5.29. The van der Waals surface area contributed by atoms with Crippen molar-refractivity contribution in [1.82, 2.24) is 0 Å². The monoisotopic (exact) mass is 216 g/mol. The molecule has 0 aliphatic heterocycles. The van der Waals surface area contributed by atoms with Crippen LogP contribution in [-0.2, 0) is 15.6 Å². The lowest BCUT2D eigenvalue weighted by molar-refractivity contribution is -0.120. The van der Waals surface area contributed by atoms with Gasteiger partial charge in [-0.2, -0.15) is 0 Å². The fourth-order valence-electron chi connectivity index (χ4n) is 1.83. The summed E-state index contributed by atoms with van der Waals surface area (Å²) in [5.74, 6) is 0.754. The van der Waals surface area contributed by atoms with Crippen molar-refractivity contribution >= 4 is 16.6 Å². The van der Waals surface area contributed by atoms with Crippen molar-refractivity contribution in [2.75, 3.05) is 5.75 Å². The zero-order valence-electron chi connectivity index (χ0n) is 9.12. The molecule has 82 valence electrons. The number of hydrogen-bond donors (Lipinski definition) is 0. The van der Waals surface area contributed by atoms with E-state index in [2.05, 4.69) is 0 Å². The molecule has 0 radical (unpaired) electrons. The highest BCUT2D eigenvalue weighted by Gasteiger charge is 2.24. The average molecular weight is 216 g/mol. The molecular weight excluding hydrogens is 196 g/mol. The van der Waals surface area contributed by atoms with Crippen molar-refractivity contribution < 1.29 is 9.00 Å². The van der Waals surface area contributed by atoms with Crippen LogP contribution in [0.1, 0.15) is 46.0 Å². The maximum atomic E-state index is 11.7. The van der Waals surface area contributed by atoms with Crippen LogP contribution >= 0.6 is 0 Å². The summed E-state index contributed by atoms with van der Waals surface area (Å²) in [6.45, 7) is 3.97. The number of rotatable bonds is 5. The normalized spacial score (nSPS) is 22.1. The molecule has 0 aromatic heterocycles. The number of Topliss-reactive ketones (excluding diaryl/α,β-unsaturated/α-hetero) is 1. The smallest absolute Gasteiger partial charge is 0.148 e. The maximum absolute atomic E-state index is 11.7. The highest BCUT2D eigenvalue weighted by atomic mass is 32.2. The molecule has 0 bridgehead atoms. The molecule has 1 fully saturated rings. The number of ketones is 1. The molecular formula is C11H20O2S. The molecule has 14 heavy (non-hydrogen) atoms. The Morgan fingerprint density at radius 2 is 2.00 bits per heavy atom. The minimum Gasteiger partial charge on any atom is -0.298 e. The van der Waals surface area contributed by atoms with Gasteiger partial charge < -0.3 is 0 Å². The Kier molecular flexibility index (Phi) is 4.79. The van der Waals surface area contributed by atoms with Gasteiger partial charge in [0.25, 0.3) is 0 Å². The van der Waals surface area contributed by atoms with Gasteiger partial charge in [-0.05, 0) is 19.3 Å². The van der Waals surface area contributed by atoms with Crippen LogP contribution in [0, 0.1) is 5.92 Å². The summed E-state index contributed by atoms with van der Waals surface area (Å²) in [5, 5.41) is 0.167. The van der Waals surface area contributed by atoms with Gasteiger partial charge in [-0.25, -0.2) is 0 Å². The topological polar surface area (TPSA) is 34.1 Å². The van der Waals surface area contributed by atoms with Gasteiger partial charge in [0.1, 0.15) is 5.78 Å². The SMILES string of the molecule is CCC(C)S(=O)CC(=O)C1CCCC1. The Morgan fingerprint density at radius 3 is 2.50 bits per heavy atom. The van der Waals surface area contributed by atoms with Crippen LogP contribution < -0.4 is 0 Å². The van der Waals surface area contributed by atoms with E-state index in [1.165, 1.54) is 12.8 Å². The Labute approximate surface area is 88.9 Å². The summed E-state index contributed by atoms with van der Waals surface area (Å²) in [4.78, 5) is 11.7. The molecule has 0 aromatic rings. The summed E-state index contributed by atoms with van der Waals surface area (Å²) in [5.41, 5.74) is 0. The number of carbonyl (C=O) groups is 1. The van der Waals surface area contributed by atoms with Crippen LogP contribution in [0.5, 0.6) is 0 Å². The Morgan fingerprint density at radius 1 is 1.43 bits per heavy atom. The van der Waals surface area contributed by atoms with Gasteiger partial charge in [0.2, 0.25) is 0 Å². The molecule has 1 aliphatic carbocycles. The van der Waals surface area contributed by atoms with Gasteiger partial charge >= 0.3 is 0 Å². The molecule has 0 spiro atoms. The van der Waals surface area contributed by atoms with E-state index in [9.17, 15) is 9.00 Å². The number of hydrogen-bond acceptors (Lipinski definition) is 2. The summed E-state index contributed by atoms with van der Waals surface area (Å²) >= 11 is 0. The van der Waals surface area contributed by atoms with Crippen molar-refractivity contribution in [3.05, 3.63) is 0 Å². The van der Waals surface area contributed by atoms with Crippen molar-refractivity contribution in [3.63, 3.8) is 0 Å². The third-order valence-electron chi connectivity index (χ3n) is 3.12. The van der Waals surface area contributed by atoms with Gasteiger partial charge in [0.15, 0.2) is 0 Å². The first-order valence-corrected chi connectivity index (χ1v) is 6.93. The third kappa shape index (κ3) is 3.19.